The number of nitrogens with one attached hydrogen (secondary N) is 1. The van der Waals surface area contributed by atoms with Gasteiger partial charge in [-0.2, -0.15) is 0 Å². The normalized spacial score (nSPS) is 9.64. The summed E-state index contributed by atoms with van der Waals surface area (Å²) in [6, 6.07) is 7.34. The fourth-order valence-electron chi connectivity index (χ4n) is 0.673. The fraction of sp³-hybridized carbons (Fsp3) is 0.250. The van der Waals surface area contributed by atoms with Gasteiger partial charge in [0, 0.05) is 5.02 Å². The SMILES string of the molecule is CCONc1ccc(Cl)cc1. The molecular weight excluding hydrogens is 162 g/mol. The molecule has 0 aliphatic heterocycles. The highest BCUT2D eigenvalue weighted by Gasteiger charge is 1.89. The van der Waals surface area contributed by atoms with Crippen LogP contribution in [-0.4, -0.2) is 6.61 Å². The zero-order valence-corrected chi connectivity index (χ0v) is 7.06. The summed E-state index contributed by atoms with van der Waals surface area (Å²) in [4.78, 5) is 4.97. The van der Waals surface area contributed by atoms with Crippen molar-refractivity contribution < 1.29 is 4.84 Å². The molecule has 1 rings (SSSR count). The third kappa shape index (κ3) is 2.78. The molecule has 0 aliphatic rings. The van der Waals surface area contributed by atoms with Crippen LogP contribution in [0.5, 0.6) is 0 Å². The first-order valence-corrected chi connectivity index (χ1v) is 3.84. The van der Waals surface area contributed by atoms with Crippen molar-refractivity contribution in [2.75, 3.05) is 12.1 Å². The lowest BCUT2D eigenvalue weighted by Crippen LogP contribution is -1.99. The Kier molecular flexibility index (Phi) is 3.20. The molecule has 11 heavy (non-hydrogen) atoms. The highest BCUT2D eigenvalue weighted by Crippen LogP contribution is 2.12. The Hall–Kier alpha value is -0.730. The summed E-state index contributed by atoms with van der Waals surface area (Å²) in [5, 5.41) is 0.729. The third-order valence-electron chi connectivity index (χ3n) is 1.18. The van der Waals surface area contributed by atoms with Crippen LogP contribution < -0.4 is 5.48 Å². The third-order valence-corrected chi connectivity index (χ3v) is 1.43. The molecule has 0 saturated carbocycles. The topological polar surface area (TPSA) is 21.3 Å². The lowest BCUT2D eigenvalue weighted by molar-refractivity contribution is 0.210. The largest absolute Gasteiger partial charge is 0.276 e. The number of benzene rings is 1. The second kappa shape index (κ2) is 4.21. The van der Waals surface area contributed by atoms with E-state index < -0.39 is 0 Å². The van der Waals surface area contributed by atoms with Crippen LogP contribution in [0.2, 0.25) is 5.02 Å². The molecule has 0 bridgehead atoms. The van der Waals surface area contributed by atoms with Crippen LogP contribution in [0.3, 0.4) is 0 Å². The van der Waals surface area contributed by atoms with Gasteiger partial charge in [0.1, 0.15) is 0 Å². The maximum atomic E-state index is 5.68. The van der Waals surface area contributed by atoms with Crippen LogP contribution in [0.1, 0.15) is 6.92 Å². The Labute approximate surface area is 71.1 Å². The van der Waals surface area contributed by atoms with E-state index in [9.17, 15) is 0 Å². The van der Waals surface area contributed by atoms with Crippen molar-refractivity contribution in [2.24, 2.45) is 0 Å². The molecule has 0 heterocycles. The zero-order chi connectivity index (χ0) is 8.10. The van der Waals surface area contributed by atoms with Gasteiger partial charge in [-0.3, -0.25) is 10.3 Å². The molecule has 1 aromatic carbocycles. The quantitative estimate of drug-likeness (QED) is 0.707. The molecule has 1 aromatic rings. The van der Waals surface area contributed by atoms with Crippen molar-refractivity contribution in [3.63, 3.8) is 0 Å². The molecular formula is C8H10ClNO. The van der Waals surface area contributed by atoms with E-state index in [1.807, 2.05) is 31.2 Å². The van der Waals surface area contributed by atoms with E-state index in [0.717, 1.165) is 10.7 Å². The molecule has 0 spiro atoms. The van der Waals surface area contributed by atoms with E-state index >= 15 is 0 Å². The monoisotopic (exact) mass is 171 g/mol. The first-order chi connectivity index (χ1) is 5.33. The van der Waals surface area contributed by atoms with Crippen molar-refractivity contribution in [2.45, 2.75) is 6.92 Å². The number of hydrogen-bond donors (Lipinski definition) is 1. The van der Waals surface area contributed by atoms with Crippen molar-refractivity contribution in [1.82, 2.24) is 0 Å². The molecule has 0 amide bonds. The molecule has 1 N–H and O–H groups in total. The van der Waals surface area contributed by atoms with Gasteiger partial charge in [-0.15, -0.1) is 0 Å². The van der Waals surface area contributed by atoms with E-state index in [-0.39, 0.29) is 0 Å². The second-order valence-corrected chi connectivity index (χ2v) is 2.48. The van der Waals surface area contributed by atoms with Crippen molar-refractivity contribution in [3.8, 4) is 0 Å². The van der Waals surface area contributed by atoms with Gasteiger partial charge < -0.3 is 0 Å². The van der Waals surface area contributed by atoms with E-state index in [2.05, 4.69) is 5.48 Å². The van der Waals surface area contributed by atoms with Crippen LogP contribution in [0, 0.1) is 0 Å². The molecule has 0 aromatic heterocycles. The summed E-state index contributed by atoms with van der Waals surface area (Å²) in [5.41, 5.74) is 3.68. The minimum atomic E-state index is 0.641. The van der Waals surface area contributed by atoms with Crippen molar-refractivity contribution in [3.05, 3.63) is 29.3 Å². The molecule has 0 unspecified atom stereocenters. The highest BCUT2D eigenvalue weighted by atomic mass is 35.5. The highest BCUT2D eigenvalue weighted by molar-refractivity contribution is 6.30. The average Bonchev–Trinajstić information content (AvgIpc) is 2.04. The van der Waals surface area contributed by atoms with Gasteiger partial charge in [0.25, 0.3) is 0 Å². The van der Waals surface area contributed by atoms with Crippen LogP contribution in [-0.2, 0) is 4.84 Å². The molecule has 0 aliphatic carbocycles. The van der Waals surface area contributed by atoms with Gasteiger partial charge in [0.05, 0.1) is 12.3 Å². The molecule has 3 heteroatoms. The molecule has 2 nitrogen and oxygen atoms in total. The average molecular weight is 172 g/mol. The van der Waals surface area contributed by atoms with Crippen LogP contribution in [0.15, 0.2) is 24.3 Å². The standard InChI is InChI=1S/C8H10ClNO/c1-2-11-10-8-5-3-7(9)4-6-8/h3-6,10H,2H2,1H3. The van der Waals surface area contributed by atoms with Gasteiger partial charge in [-0.25, -0.2) is 0 Å². The van der Waals surface area contributed by atoms with Crippen LogP contribution in [0.4, 0.5) is 5.69 Å². The summed E-state index contributed by atoms with van der Waals surface area (Å²) >= 11 is 5.68. The first-order valence-electron chi connectivity index (χ1n) is 3.46. The lowest BCUT2D eigenvalue weighted by Gasteiger charge is -2.03. The number of anilines is 1. The molecule has 0 radical (unpaired) electrons. The number of rotatable bonds is 3. The summed E-state index contributed by atoms with van der Waals surface area (Å²) in [7, 11) is 0. The summed E-state index contributed by atoms with van der Waals surface area (Å²) in [6.07, 6.45) is 0. The molecule has 0 saturated heterocycles. The maximum Gasteiger partial charge on any atom is 0.0717 e. The van der Waals surface area contributed by atoms with E-state index in [0.29, 0.717) is 6.61 Å². The second-order valence-electron chi connectivity index (χ2n) is 2.04. The van der Waals surface area contributed by atoms with E-state index in [1.165, 1.54) is 0 Å². The van der Waals surface area contributed by atoms with Crippen LogP contribution >= 0.6 is 11.6 Å². The maximum absolute atomic E-state index is 5.68. The Balaban J connectivity index is 2.52. The minimum absolute atomic E-state index is 0.641. The van der Waals surface area contributed by atoms with Gasteiger partial charge >= 0.3 is 0 Å². The predicted octanol–water partition coefficient (Wildman–Crippen LogP) is 2.70. The summed E-state index contributed by atoms with van der Waals surface area (Å²) in [6.45, 7) is 2.56. The summed E-state index contributed by atoms with van der Waals surface area (Å²) in [5.74, 6) is 0. The molecule has 0 fully saturated rings. The van der Waals surface area contributed by atoms with Gasteiger partial charge in [-0.1, -0.05) is 11.6 Å². The Bertz CT molecular complexity index is 210. The van der Waals surface area contributed by atoms with Crippen molar-refractivity contribution in [1.29, 1.82) is 0 Å². The smallest absolute Gasteiger partial charge is 0.0717 e. The van der Waals surface area contributed by atoms with Crippen LogP contribution in [0.25, 0.3) is 0 Å². The Morgan fingerprint density at radius 1 is 1.36 bits per heavy atom. The molecule has 0 atom stereocenters. The lowest BCUT2D eigenvalue weighted by atomic mass is 10.3. The molecule has 60 valence electrons. The van der Waals surface area contributed by atoms with Crippen molar-refractivity contribution >= 4 is 17.3 Å². The Morgan fingerprint density at radius 2 is 2.00 bits per heavy atom. The van der Waals surface area contributed by atoms with E-state index in [4.69, 9.17) is 16.4 Å². The number of hydrogen-bond acceptors (Lipinski definition) is 2. The number of halogens is 1. The minimum Gasteiger partial charge on any atom is -0.276 e. The summed E-state index contributed by atoms with van der Waals surface area (Å²) < 4.78 is 0. The van der Waals surface area contributed by atoms with Gasteiger partial charge in [0.2, 0.25) is 0 Å². The fourth-order valence-corrected chi connectivity index (χ4v) is 0.799. The Morgan fingerprint density at radius 3 is 2.55 bits per heavy atom. The first kappa shape index (κ1) is 8.37. The van der Waals surface area contributed by atoms with Gasteiger partial charge in [0.15, 0.2) is 0 Å². The predicted molar refractivity (Wildman–Crippen MR) is 46.7 cm³/mol. The zero-order valence-electron chi connectivity index (χ0n) is 6.30. The van der Waals surface area contributed by atoms with E-state index in [1.54, 1.807) is 0 Å². The van der Waals surface area contributed by atoms with Gasteiger partial charge in [-0.05, 0) is 31.2 Å².